The molecular weight excluding hydrogens is 240 g/mol. The van der Waals surface area contributed by atoms with Crippen molar-refractivity contribution in [2.24, 2.45) is 11.8 Å². The summed E-state index contributed by atoms with van der Waals surface area (Å²) in [6, 6.07) is 0. The van der Waals surface area contributed by atoms with Gasteiger partial charge < -0.3 is 9.47 Å². The molecule has 112 valence electrons. The molecule has 3 heteroatoms. The molecule has 0 N–H and O–H groups in total. The van der Waals surface area contributed by atoms with Gasteiger partial charge in [0.25, 0.3) is 0 Å². The molecule has 0 bridgehead atoms. The van der Waals surface area contributed by atoms with E-state index < -0.39 is 5.60 Å². The molecule has 0 saturated heterocycles. The minimum atomic E-state index is -0.476. The number of carbonyl (C=O) groups excluding carboxylic acids is 1. The molecule has 0 saturated carbocycles. The van der Waals surface area contributed by atoms with Gasteiger partial charge in [-0.3, -0.25) is 4.79 Å². The van der Waals surface area contributed by atoms with Crippen molar-refractivity contribution in [3.8, 4) is 0 Å². The molecule has 0 radical (unpaired) electrons. The highest BCUT2D eigenvalue weighted by Crippen LogP contribution is 2.19. The van der Waals surface area contributed by atoms with Crippen LogP contribution in [0.4, 0.5) is 0 Å². The van der Waals surface area contributed by atoms with Gasteiger partial charge in [-0.05, 0) is 39.2 Å². The van der Waals surface area contributed by atoms with Gasteiger partial charge in [0.1, 0.15) is 6.61 Å². The average molecular weight is 270 g/mol. The lowest BCUT2D eigenvalue weighted by Gasteiger charge is -2.29. The summed E-state index contributed by atoms with van der Waals surface area (Å²) in [4.78, 5) is 11.5. The summed E-state index contributed by atoms with van der Waals surface area (Å²) in [5.74, 6) is 0.225. The van der Waals surface area contributed by atoms with Crippen LogP contribution >= 0.6 is 0 Å². The molecule has 0 spiro atoms. The van der Waals surface area contributed by atoms with Gasteiger partial charge in [-0.1, -0.05) is 33.8 Å². The van der Waals surface area contributed by atoms with Crippen LogP contribution < -0.4 is 0 Å². The molecule has 3 nitrogen and oxygen atoms in total. The van der Waals surface area contributed by atoms with Crippen molar-refractivity contribution in [3.63, 3.8) is 0 Å². The highest BCUT2D eigenvalue weighted by molar-refractivity contribution is 5.71. The topological polar surface area (TPSA) is 35.5 Å². The van der Waals surface area contributed by atoms with Gasteiger partial charge in [0, 0.05) is 0 Å². The maximum atomic E-state index is 11.5. The molecule has 19 heavy (non-hydrogen) atoms. The van der Waals surface area contributed by atoms with Crippen molar-refractivity contribution >= 4 is 5.97 Å². The molecule has 0 aliphatic rings. The molecule has 0 aliphatic carbocycles. The molecule has 0 aromatic heterocycles. The standard InChI is InChI=1S/C16H30O3/c1-11(2)9-13(5)14(6)19-16(7,8)10-18-15(17)12(3)4/h9,11-12,14H,10H2,1-8H3/b13-9+. The summed E-state index contributed by atoms with van der Waals surface area (Å²) >= 11 is 0. The van der Waals surface area contributed by atoms with Gasteiger partial charge in [0.15, 0.2) is 0 Å². The largest absolute Gasteiger partial charge is 0.462 e. The van der Waals surface area contributed by atoms with Gasteiger partial charge in [-0.25, -0.2) is 0 Å². The Morgan fingerprint density at radius 2 is 1.68 bits per heavy atom. The minimum Gasteiger partial charge on any atom is -0.462 e. The molecule has 0 aromatic carbocycles. The Labute approximate surface area is 118 Å². The summed E-state index contributed by atoms with van der Waals surface area (Å²) in [5, 5.41) is 0. The van der Waals surface area contributed by atoms with E-state index in [0.717, 1.165) is 0 Å². The highest BCUT2D eigenvalue weighted by Gasteiger charge is 2.25. The van der Waals surface area contributed by atoms with Gasteiger partial charge in [-0.15, -0.1) is 0 Å². The summed E-state index contributed by atoms with van der Waals surface area (Å²) in [7, 11) is 0. The van der Waals surface area contributed by atoms with Gasteiger partial charge >= 0.3 is 5.97 Å². The summed E-state index contributed by atoms with van der Waals surface area (Å²) in [6.45, 7) is 16.2. The van der Waals surface area contributed by atoms with Gasteiger partial charge in [-0.2, -0.15) is 0 Å². The zero-order chi connectivity index (χ0) is 15.2. The number of allylic oxidation sites excluding steroid dienone is 1. The Kier molecular flexibility index (Phi) is 7.35. The third-order valence-corrected chi connectivity index (χ3v) is 2.77. The van der Waals surface area contributed by atoms with Crippen molar-refractivity contribution in [2.75, 3.05) is 6.61 Å². The lowest BCUT2D eigenvalue weighted by atomic mass is 10.1. The van der Waals surface area contributed by atoms with Crippen LogP contribution in [0.2, 0.25) is 0 Å². The van der Waals surface area contributed by atoms with Crippen LogP contribution in [0.3, 0.4) is 0 Å². The molecule has 1 unspecified atom stereocenters. The zero-order valence-corrected chi connectivity index (χ0v) is 13.7. The van der Waals surface area contributed by atoms with Crippen LogP contribution in [0, 0.1) is 11.8 Å². The SMILES string of the molecule is C/C(=C\C(C)C)C(C)OC(C)(C)COC(=O)C(C)C. The van der Waals surface area contributed by atoms with E-state index in [9.17, 15) is 4.79 Å². The quantitative estimate of drug-likeness (QED) is 0.518. The number of hydrogen-bond donors (Lipinski definition) is 0. The molecular formula is C16H30O3. The average Bonchev–Trinajstić information content (AvgIpc) is 2.24. The van der Waals surface area contributed by atoms with E-state index in [1.807, 2.05) is 34.6 Å². The number of carbonyl (C=O) groups is 1. The first kappa shape index (κ1) is 18.2. The van der Waals surface area contributed by atoms with E-state index in [0.29, 0.717) is 5.92 Å². The predicted molar refractivity (Wildman–Crippen MR) is 79.0 cm³/mol. The first-order valence-corrected chi connectivity index (χ1v) is 7.08. The Hall–Kier alpha value is -0.830. The van der Waals surface area contributed by atoms with Gasteiger partial charge in [0.2, 0.25) is 0 Å². The molecule has 0 fully saturated rings. The fraction of sp³-hybridized carbons (Fsp3) is 0.812. The smallest absolute Gasteiger partial charge is 0.308 e. The molecule has 0 heterocycles. The fourth-order valence-electron chi connectivity index (χ4n) is 1.68. The van der Waals surface area contributed by atoms with E-state index >= 15 is 0 Å². The van der Waals surface area contributed by atoms with Crippen molar-refractivity contribution in [3.05, 3.63) is 11.6 Å². The van der Waals surface area contributed by atoms with Crippen LogP contribution in [0.15, 0.2) is 11.6 Å². The Morgan fingerprint density at radius 1 is 1.16 bits per heavy atom. The van der Waals surface area contributed by atoms with Crippen LogP contribution in [-0.2, 0) is 14.3 Å². The summed E-state index contributed by atoms with van der Waals surface area (Å²) in [6.07, 6.45) is 2.22. The maximum absolute atomic E-state index is 11.5. The van der Waals surface area contributed by atoms with E-state index in [1.165, 1.54) is 5.57 Å². The number of rotatable bonds is 7. The summed E-state index contributed by atoms with van der Waals surface area (Å²) < 4.78 is 11.2. The zero-order valence-electron chi connectivity index (χ0n) is 13.7. The van der Waals surface area contributed by atoms with Gasteiger partial charge in [0.05, 0.1) is 17.6 Å². The number of hydrogen-bond acceptors (Lipinski definition) is 3. The van der Waals surface area contributed by atoms with Crippen LogP contribution in [0.25, 0.3) is 0 Å². The minimum absolute atomic E-state index is 0.0233. The third kappa shape index (κ3) is 8.04. The fourth-order valence-corrected chi connectivity index (χ4v) is 1.68. The predicted octanol–water partition coefficient (Wildman–Crippen LogP) is 3.97. The van der Waals surface area contributed by atoms with Crippen LogP contribution in [0.1, 0.15) is 55.4 Å². The van der Waals surface area contributed by atoms with Crippen molar-refractivity contribution in [1.29, 1.82) is 0 Å². The molecule has 0 aliphatic heterocycles. The van der Waals surface area contributed by atoms with E-state index in [-0.39, 0.29) is 24.6 Å². The first-order valence-electron chi connectivity index (χ1n) is 7.08. The van der Waals surface area contributed by atoms with E-state index in [4.69, 9.17) is 9.47 Å². The second kappa shape index (κ2) is 7.68. The lowest BCUT2D eigenvalue weighted by molar-refractivity contribution is -0.159. The third-order valence-electron chi connectivity index (χ3n) is 2.77. The first-order chi connectivity index (χ1) is 8.55. The maximum Gasteiger partial charge on any atom is 0.308 e. The second-order valence-electron chi connectivity index (χ2n) is 6.44. The van der Waals surface area contributed by atoms with Crippen LogP contribution in [0.5, 0.6) is 0 Å². The molecule has 0 rings (SSSR count). The number of esters is 1. The monoisotopic (exact) mass is 270 g/mol. The van der Waals surface area contributed by atoms with Crippen molar-refractivity contribution in [2.45, 2.75) is 67.1 Å². The van der Waals surface area contributed by atoms with E-state index in [2.05, 4.69) is 26.8 Å². The molecule has 0 aromatic rings. The number of ether oxygens (including phenoxy) is 2. The van der Waals surface area contributed by atoms with E-state index in [1.54, 1.807) is 0 Å². The summed E-state index contributed by atoms with van der Waals surface area (Å²) in [5.41, 5.74) is 0.731. The Balaban J connectivity index is 4.40. The lowest BCUT2D eigenvalue weighted by Crippen LogP contribution is -2.36. The van der Waals surface area contributed by atoms with Crippen molar-refractivity contribution < 1.29 is 14.3 Å². The van der Waals surface area contributed by atoms with Crippen LogP contribution in [-0.4, -0.2) is 24.3 Å². The molecule has 1 atom stereocenters. The normalized spacial score (nSPS) is 14.9. The highest BCUT2D eigenvalue weighted by atomic mass is 16.6. The Bertz CT molecular complexity index is 314. The molecule has 0 amide bonds. The second-order valence-corrected chi connectivity index (χ2v) is 6.44. The van der Waals surface area contributed by atoms with Crippen molar-refractivity contribution in [1.82, 2.24) is 0 Å². The Morgan fingerprint density at radius 3 is 2.11 bits per heavy atom.